The summed E-state index contributed by atoms with van der Waals surface area (Å²) in [4.78, 5) is 16.9. The van der Waals surface area contributed by atoms with Crippen LogP contribution in [-0.4, -0.2) is 28.6 Å². The molecule has 0 saturated heterocycles. The molecule has 0 bridgehead atoms. The standard InChI is InChI=1S/C12H15N3O2/c1-9(2)15(7-3-5-13)11-8-14-6-4-10(11)12(16)17/h4,6,8-9H,3,7H2,1-2H3,(H,16,17). The van der Waals surface area contributed by atoms with Crippen molar-refractivity contribution in [2.75, 3.05) is 11.4 Å². The summed E-state index contributed by atoms with van der Waals surface area (Å²) in [6.45, 7) is 4.41. The highest BCUT2D eigenvalue weighted by Gasteiger charge is 2.17. The van der Waals surface area contributed by atoms with Crippen molar-refractivity contribution in [3.63, 3.8) is 0 Å². The van der Waals surface area contributed by atoms with E-state index >= 15 is 0 Å². The van der Waals surface area contributed by atoms with Crippen molar-refractivity contribution in [3.8, 4) is 6.07 Å². The number of nitriles is 1. The fourth-order valence-electron chi connectivity index (χ4n) is 1.62. The summed E-state index contributed by atoms with van der Waals surface area (Å²) in [5.74, 6) is -0.981. The van der Waals surface area contributed by atoms with E-state index in [0.29, 0.717) is 18.7 Å². The van der Waals surface area contributed by atoms with Gasteiger partial charge in [0, 0.05) is 18.8 Å². The molecule has 17 heavy (non-hydrogen) atoms. The fourth-order valence-corrected chi connectivity index (χ4v) is 1.62. The molecular weight excluding hydrogens is 218 g/mol. The number of aromatic carboxylic acids is 1. The average molecular weight is 233 g/mol. The zero-order valence-electron chi connectivity index (χ0n) is 9.92. The molecule has 0 aliphatic rings. The Bertz CT molecular complexity index is 438. The van der Waals surface area contributed by atoms with Crippen LogP contribution < -0.4 is 4.90 Å². The van der Waals surface area contributed by atoms with E-state index in [9.17, 15) is 4.79 Å². The fraction of sp³-hybridized carbons (Fsp3) is 0.417. The number of anilines is 1. The van der Waals surface area contributed by atoms with Crippen molar-refractivity contribution in [1.82, 2.24) is 4.98 Å². The minimum absolute atomic E-state index is 0.116. The quantitative estimate of drug-likeness (QED) is 0.840. The number of hydrogen-bond donors (Lipinski definition) is 1. The molecule has 1 heterocycles. The van der Waals surface area contributed by atoms with Crippen molar-refractivity contribution < 1.29 is 9.90 Å². The Kier molecular flexibility index (Phi) is 4.46. The topological polar surface area (TPSA) is 77.2 Å². The molecule has 5 nitrogen and oxygen atoms in total. The van der Waals surface area contributed by atoms with Gasteiger partial charge in [-0.2, -0.15) is 5.26 Å². The molecule has 0 radical (unpaired) electrons. The maximum absolute atomic E-state index is 11.1. The first-order valence-corrected chi connectivity index (χ1v) is 5.38. The summed E-state index contributed by atoms with van der Waals surface area (Å²) in [7, 11) is 0. The van der Waals surface area contributed by atoms with Gasteiger partial charge in [-0.25, -0.2) is 4.79 Å². The highest BCUT2D eigenvalue weighted by molar-refractivity contribution is 5.94. The molecular formula is C12H15N3O2. The van der Waals surface area contributed by atoms with E-state index in [1.807, 2.05) is 18.7 Å². The third kappa shape index (κ3) is 3.18. The SMILES string of the molecule is CC(C)N(CCC#N)c1cnccc1C(=O)O. The van der Waals surface area contributed by atoms with Gasteiger partial charge in [0.2, 0.25) is 0 Å². The maximum Gasteiger partial charge on any atom is 0.337 e. The van der Waals surface area contributed by atoms with Crippen LogP contribution in [0, 0.1) is 11.3 Å². The zero-order chi connectivity index (χ0) is 12.8. The predicted molar refractivity (Wildman–Crippen MR) is 63.9 cm³/mol. The molecule has 0 aliphatic carbocycles. The lowest BCUT2D eigenvalue weighted by molar-refractivity contribution is 0.0697. The molecule has 1 N–H and O–H groups in total. The molecule has 0 amide bonds. The van der Waals surface area contributed by atoms with E-state index in [0.717, 1.165) is 0 Å². The van der Waals surface area contributed by atoms with Crippen LogP contribution in [0.25, 0.3) is 0 Å². The van der Waals surface area contributed by atoms with Gasteiger partial charge < -0.3 is 10.0 Å². The van der Waals surface area contributed by atoms with Crippen LogP contribution in [0.5, 0.6) is 0 Å². The number of carboxylic acid groups (broad SMARTS) is 1. The van der Waals surface area contributed by atoms with Crippen LogP contribution in [0.1, 0.15) is 30.6 Å². The lowest BCUT2D eigenvalue weighted by Crippen LogP contribution is -2.33. The Morgan fingerprint density at radius 2 is 2.35 bits per heavy atom. The van der Waals surface area contributed by atoms with Crippen molar-refractivity contribution in [3.05, 3.63) is 24.0 Å². The second-order valence-electron chi connectivity index (χ2n) is 3.89. The van der Waals surface area contributed by atoms with Crippen molar-refractivity contribution in [2.45, 2.75) is 26.3 Å². The number of carboxylic acids is 1. The minimum atomic E-state index is -0.981. The maximum atomic E-state index is 11.1. The third-order valence-corrected chi connectivity index (χ3v) is 2.43. The molecule has 0 saturated carbocycles. The smallest absolute Gasteiger partial charge is 0.337 e. The van der Waals surface area contributed by atoms with E-state index in [1.165, 1.54) is 18.5 Å². The average Bonchev–Trinajstić information content (AvgIpc) is 2.29. The van der Waals surface area contributed by atoms with Crippen molar-refractivity contribution >= 4 is 11.7 Å². The van der Waals surface area contributed by atoms with Crippen LogP contribution in [-0.2, 0) is 0 Å². The summed E-state index contributed by atoms with van der Waals surface area (Å²) >= 11 is 0. The first-order valence-electron chi connectivity index (χ1n) is 5.38. The zero-order valence-corrected chi connectivity index (χ0v) is 9.92. The molecule has 0 aliphatic heterocycles. The molecule has 1 rings (SSSR count). The normalized spacial score (nSPS) is 10.0. The minimum Gasteiger partial charge on any atom is -0.478 e. The van der Waals surface area contributed by atoms with Crippen LogP contribution in [0.2, 0.25) is 0 Å². The van der Waals surface area contributed by atoms with Crippen LogP contribution in [0.4, 0.5) is 5.69 Å². The van der Waals surface area contributed by atoms with Gasteiger partial charge in [-0.05, 0) is 19.9 Å². The van der Waals surface area contributed by atoms with Crippen molar-refractivity contribution in [2.24, 2.45) is 0 Å². The molecule has 0 unspecified atom stereocenters. The number of hydrogen-bond acceptors (Lipinski definition) is 4. The third-order valence-electron chi connectivity index (χ3n) is 2.43. The predicted octanol–water partition coefficient (Wildman–Crippen LogP) is 1.91. The monoisotopic (exact) mass is 233 g/mol. The summed E-state index contributed by atoms with van der Waals surface area (Å²) < 4.78 is 0. The number of carbonyl (C=O) groups is 1. The first-order chi connectivity index (χ1) is 8.07. The summed E-state index contributed by atoms with van der Waals surface area (Å²) in [5, 5.41) is 17.7. The van der Waals surface area contributed by atoms with E-state index in [4.69, 9.17) is 10.4 Å². The van der Waals surface area contributed by atoms with Gasteiger partial charge in [0.15, 0.2) is 0 Å². The summed E-state index contributed by atoms with van der Waals surface area (Å²) in [6.07, 6.45) is 3.34. The van der Waals surface area contributed by atoms with E-state index in [1.54, 1.807) is 0 Å². The molecule has 90 valence electrons. The van der Waals surface area contributed by atoms with E-state index in [-0.39, 0.29) is 11.6 Å². The molecule has 0 fully saturated rings. The van der Waals surface area contributed by atoms with Gasteiger partial charge in [-0.3, -0.25) is 4.98 Å². The Morgan fingerprint density at radius 3 is 2.88 bits per heavy atom. The molecule has 5 heteroatoms. The molecule has 1 aromatic rings. The highest BCUT2D eigenvalue weighted by atomic mass is 16.4. The lowest BCUT2D eigenvalue weighted by atomic mass is 10.1. The van der Waals surface area contributed by atoms with Crippen LogP contribution in [0.3, 0.4) is 0 Å². The van der Waals surface area contributed by atoms with Gasteiger partial charge in [0.05, 0.1) is 29.9 Å². The molecule has 0 spiro atoms. The Balaban J connectivity index is 3.10. The van der Waals surface area contributed by atoms with Gasteiger partial charge in [-0.1, -0.05) is 0 Å². The number of aromatic nitrogens is 1. The Labute approximate surface area is 100 Å². The Hall–Kier alpha value is -2.09. The highest BCUT2D eigenvalue weighted by Crippen LogP contribution is 2.21. The van der Waals surface area contributed by atoms with E-state index in [2.05, 4.69) is 11.1 Å². The van der Waals surface area contributed by atoms with Crippen LogP contribution >= 0.6 is 0 Å². The largest absolute Gasteiger partial charge is 0.478 e. The summed E-state index contributed by atoms with van der Waals surface area (Å²) in [5.41, 5.74) is 0.775. The number of pyridine rings is 1. The Morgan fingerprint density at radius 1 is 1.65 bits per heavy atom. The first kappa shape index (κ1) is 13.0. The van der Waals surface area contributed by atoms with Gasteiger partial charge in [0.25, 0.3) is 0 Å². The molecule has 0 aromatic carbocycles. The van der Waals surface area contributed by atoms with Gasteiger partial charge in [-0.15, -0.1) is 0 Å². The molecule has 1 aromatic heterocycles. The number of nitrogens with zero attached hydrogens (tertiary/aromatic N) is 3. The lowest BCUT2D eigenvalue weighted by Gasteiger charge is -2.28. The summed E-state index contributed by atoms with van der Waals surface area (Å²) in [6, 6.07) is 3.65. The van der Waals surface area contributed by atoms with Gasteiger partial charge in [0.1, 0.15) is 0 Å². The van der Waals surface area contributed by atoms with E-state index < -0.39 is 5.97 Å². The van der Waals surface area contributed by atoms with Gasteiger partial charge >= 0.3 is 5.97 Å². The second-order valence-corrected chi connectivity index (χ2v) is 3.89. The second kappa shape index (κ2) is 5.85. The van der Waals surface area contributed by atoms with Crippen molar-refractivity contribution in [1.29, 1.82) is 5.26 Å². The number of rotatable bonds is 5. The van der Waals surface area contributed by atoms with Crippen LogP contribution in [0.15, 0.2) is 18.5 Å². The molecule has 0 atom stereocenters.